The third kappa shape index (κ3) is 1.61. The number of hydrogen-bond donors (Lipinski definition) is 1. The van der Waals surface area contributed by atoms with Gasteiger partial charge in [-0.1, -0.05) is 30.3 Å². The molecule has 3 heteroatoms. The summed E-state index contributed by atoms with van der Waals surface area (Å²) in [6.07, 6.45) is 2.21. The van der Waals surface area contributed by atoms with Crippen LogP contribution in [0, 0.1) is 5.92 Å². The molecule has 16 heavy (non-hydrogen) atoms. The Morgan fingerprint density at radius 1 is 1.31 bits per heavy atom. The largest absolute Gasteiger partial charge is 0.368 e. The fourth-order valence-electron chi connectivity index (χ4n) is 2.85. The van der Waals surface area contributed by atoms with Crippen molar-refractivity contribution in [1.29, 1.82) is 0 Å². The molecule has 1 heterocycles. The number of nitrogens with zero attached hydrogens (tertiary/aromatic N) is 1. The van der Waals surface area contributed by atoms with Crippen molar-refractivity contribution in [2.75, 3.05) is 0 Å². The zero-order valence-corrected chi connectivity index (χ0v) is 9.17. The summed E-state index contributed by atoms with van der Waals surface area (Å²) in [6.45, 7) is 0.857. The van der Waals surface area contributed by atoms with E-state index < -0.39 is 0 Å². The van der Waals surface area contributed by atoms with E-state index in [0.717, 1.165) is 18.9 Å². The minimum Gasteiger partial charge on any atom is -0.368 e. The van der Waals surface area contributed by atoms with Crippen LogP contribution in [0.2, 0.25) is 0 Å². The van der Waals surface area contributed by atoms with Gasteiger partial charge in [0.25, 0.3) is 0 Å². The Bertz CT molecular complexity index is 404. The first-order valence-electron chi connectivity index (χ1n) is 5.84. The van der Waals surface area contributed by atoms with E-state index in [-0.39, 0.29) is 11.9 Å². The van der Waals surface area contributed by atoms with Crippen LogP contribution in [0.25, 0.3) is 0 Å². The molecule has 3 rings (SSSR count). The molecule has 1 saturated carbocycles. The SMILES string of the molecule is NC(=O)[C@@H]1C[C@@H]2CC2N1Cc1ccccc1. The average Bonchev–Trinajstić information content (AvgIpc) is 2.97. The van der Waals surface area contributed by atoms with Crippen molar-refractivity contribution < 1.29 is 4.79 Å². The number of fused-ring (bicyclic) bond motifs is 1. The third-order valence-electron chi connectivity index (χ3n) is 3.77. The van der Waals surface area contributed by atoms with Gasteiger partial charge in [0.2, 0.25) is 5.91 Å². The molecule has 1 aromatic carbocycles. The Balaban J connectivity index is 1.76. The van der Waals surface area contributed by atoms with Gasteiger partial charge in [0, 0.05) is 12.6 Å². The van der Waals surface area contributed by atoms with E-state index in [1.165, 1.54) is 12.0 Å². The second kappa shape index (κ2) is 3.59. The number of amides is 1. The highest BCUT2D eigenvalue weighted by molar-refractivity contribution is 5.80. The van der Waals surface area contributed by atoms with E-state index in [0.29, 0.717) is 6.04 Å². The number of rotatable bonds is 3. The highest BCUT2D eigenvalue weighted by atomic mass is 16.1. The summed E-state index contributed by atoms with van der Waals surface area (Å²) in [5.41, 5.74) is 6.71. The molecule has 3 atom stereocenters. The molecule has 0 bridgehead atoms. The van der Waals surface area contributed by atoms with E-state index in [1.807, 2.05) is 18.2 Å². The van der Waals surface area contributed by atoms with Crippen molar-refractivity contribution in [3.8, 4) is 0 Å². The minimum absolute atomic E-state index is 0.0380. The summed E-state index contributed by atoms with van der Waals surface area (Å²) in [6, 6.07) is 10.9. The Labute approximate surface area is 95.2 Å². The van der Waals surface area contributed by atoms with Crippen LogP contribution < -0.4 is 5.73 Å². The summed E-state index contributed by atoms with van der Waals surface area (Å²) < 4.78 is 0. The lowest BCUT2D eigenvalue weighted by atomic mass is 10.1. The van der Waals surface area contributed by atoms with Gasteiger partial charge in [-0.3, -0.25) is 9.69 Å². The Morgan fingerprint density at radius 3 is 2.75 bits per heavy atom. The lowest BCUT2D eigenvalue weighted by Crippen LogP contribution is -2.42. The Morgan fingerprint density at radius 2 is 2.06 bits per heavy atom. The van der Waals surface area contributed by atoms with Crippen LogP contribution >= 0.6 is 0 Å². The van der Waals surface area contributed by atoms with E-state index in [9.17, 15) is 4.79 Å². The molecule has 1 amide bonds. The lowest BCUT2D eigenvalue weighted by molar-refractivity contribution is -0.123. The summed E-state index contributed by atoms with van der Waals surface area (Å²) in [4.78, 5) is 13.6. The van der Waals surface area contributed by atoms with Crippen LogP contribution in [0.3, 0.4) is 0 Å². The third-order valence-corrected chi connectivity index (χ3v) is 3.77. The van der Waals surface area contributed by atoms with Crippen LogP contribution in [-0.2, 0) is 11.3 Å². The van der Waals surface area contributed by atoms with Gasteiger partial charge < -0.3 is 5.73 Å². The van der Waals surface area contributed by atoms with Crippen molar-refractivity contribution in [1.82, 2.24) is 4.90 Å². The number of primary amides is 1. The second-order valence-corrected chi connectivity index (χ2v) is 4.87. The Kier molecular flexibility index (Phi) is 2.21. The highest BCUT2D eigenvalue weighted by Crippen LogP contribution is 2.48. The van der Waals surface area contributed by atoms with Crippen LogP contribution in [0.15, 0.2) is 30.3 Å². The Hall–Kier alpha value is -1.35. The normalized spacial score (nSPS) is 32.4. The first-order valence-corrected chi connectivity index (χ1v) is 5.84. The number of likely N-dealkylation sites (tertiary alicyclic amines) is 1. The van der Waals surface area contributed by atoms with E-state index in [4.69, 9.17) is 5.73 Å². The maximum absolute atomic E-state index is 11.3. The monoisotopic (exact) mass is 216 g/mol. The van der Waals surface area contributed by atoms with Crippen molar-refractivity contribution in [2.45, 2.75) is 31.5 Å². The van der Waals surface area contributed by atoms with Gasteiger partial charge in [-0.05, 0) is 24.3 Å². The molecule has 2 fully saturated rings. The molecule has 0 aromatic heterocycles. The summed E-state index contributed by atoms with van der Waals surface area (Å²) in [5.74, 6) is 0.560. The zero-order chi connectivity index (χ0) is 11.1. The molecule has 2 aliphatic rings. The molecule has 1 unspecified atom stereocenters. The van der Waals surface area contributed by atoms with Crippen LogP contribution in [0.4, 0.5) is 0 Å². The summed E-state index contributed by atoms with van der Waals surface area (Å²) in [7, 11) is 0. The number of piperidine rings is 1. The fourth-order valence-corrected chi connectivity index (χ4v) is 2.85. The summed E-state index contributed by atoms with van der Waals surface area (Å²) >= 11 is 0. The first kappa shape index (κ1) is 9.85. The van der Waals surface area contributed by atoms with Crippen LogP contribution in [0.1, 0.15) is 18.4 Å². The van der Waals surface area contributed by atoms with E-state index in [2.05, 4.69) is 17.0 Å². The zero-order valence-electron chi connectivity index (χ0n) is 9.17. The van der Waals surface area contributed by atoms with Crippen LogP contribution in [0.5, 0.6) is 0 Å². The van der Waals surface area contributed by atoms with Crippen molar-refractivity contribution in [2.24, 2.45) is 11.7 Å². The molecule has 0 spiro atoms. The smallest absolute Gasteiger partial charge is 0.234 e. The van der Waals surface area contributed by atoms with Crippen molar-refractivity contribution in [3.63, 3.8) is 0 Å². The topological polar surface area (TPSA) is 46.3 Å². The van der Waals surface area contributed by atoms with Gasteiger partial charge >= 0.3 is 0 Å². The predicted molar refractivity (Wildman–Crippen MR) is 61.5 cm³/mol. The first-order chi connectivity index (χ1) is 7.75. The number of nitrogens with two attached hydrogens (primary N) is 1. The van der Waals surface area contributed by atoms with Gasteiger partial charge in [0.15, 0.2) is 0 Å². The molecule has 1 aromatic rings. The van der Waals surface area contributed by atoms with Gasteiger partial charge in [0.1, 0.15) is 0 Å². The van der Waals surface area contributed by atoms with Gasteiger partial charge in [-0.2, -0.15) is 0 Å². The molecule has 1 aliphatic heterocycles. The second-order valence-electron chi connectivity index (χ2n) is 4.87. The van der Waals surface area contributed by atoms with Gasteiger partial charge in [-0.15, -0.1) is 0 Å². The predicted octanol–water partition coefficient (Wildman–Crippen LogP) is 1.13. The molecular weight excluding hydrogens is 200 g/mol. The summed E-state index contributed by atoms with van der Waals surface area (Å²) in [5, 5.41) is 0. The van der Waals surface area contributed by atoms with Crippen molar-refractivity contribution >= 4 is 5.91 Å². The fraction of sp³-hybridized carbons (Fsp3) is 0.462. The van der Waals surface area contributed by atoms with Gasteiger partial charge in [-0.25, -0.2) is 0 Å². The average molecular weight is 216 g/mol. The molecule has 1 saturated heterocycles. The number of carbonyl (C=O) groups is 1. The molecule has 3 nitrogen and oxygen atoms in total. The number of benzene rings is 1. The van der Waals surface area contributed by atoms with Crippen molar-refractivity contribution in [3.05, 3.63) is 35.9 Å². The quantitative estimate of drug-likeness (QED) is 0.823. The van der Waals surface area contributed by atoms with Gasteiger partial charge in [0.05, 0.1) is 6.04 Å². The molecule has 84 valence electrons. The standard InChI is InChI=1S/C13H16N2O/c14-13(16)12-7-10-6-11(10)15(12)8-9-4-2-1-3-5-9/h1-5,10-12H,6-8H2,(H2,14,16)/t10-,11?,12-/m0/s1. The molecular formula is C13H16N2O. The maximum atomic E-state index is 11.3. The molecule has 0 radical (unpaired) electrons. The highest BCUT2D eigenvalue weighted by Gasteiger charge is 2.53. The molecule has 2 N–H and O–H groups in total. The number of hydrogen-bond acceptors (Lipinski definition) is 2. The van der Waals surface area contributed by atoms with E-state index >= 15 is 0 Å². The lowest BCUT2D eigenvalue weighted by Gasteiger charge is -2.24. The maximum Gasteiger partial charge on any atom is 0.234 e. The number of carbonyl (C=O) groups excluding carboxylic acids is 1. The molecule has 1 aliphatic carbocycles. The van der Waals surface area contributed by atoms with E-state index in [1.54, 1.807) is 0 Å². The van der Waals surface area contributed by atoms with Crippen LogP contribution in [-0.4, -0.2) is 22.9 Å². The minimum atomic E-state index is -0.164.